The summed E-state index contributed by atoms with van der Waals surface area (Å²) in [6.45, 7) is 2.85. The highest BCUT2D eigenvalue weighted by Crippen LogP contribution is 2.22. The molecule has 9 heteroatoms. The molecule has 2 aromatic rings. The number of hydrogen-bond acceptors (Lipinski definition) is 5. The summed E-state index contributed by atoms with van der Waals surface area (Å²) in [6, 6.07) is 13.7. The standard InChI is InChI=1S/C21H25N3O4S2/c1-16-7-3-4-8-19(16)28-15-20(25)23-21(29)22-17-9-11-18(12-10-17)30(26,27)24-13-5-2-6-14-24/h3-4,7-12H,2,5-6,13-15H2,1H3,(H2,22,23,25,29). The average molecular weight is 448 g/mol. The molecule has 0 radical (unpaired) electrons. The quantitative estimate of drug-likeness (QED) is 0.662. The van der Waals surface area contributed by atoms with E-state index >= 15 is 0 Å². The van der Waals surface area contributed by atoms with Crippen molar-refractivity contribution in [3.8, 4) is 5.75 Å². The third-order valence-electron chi connectivity index (χ3n) is 4.77. The Labute approximate surface area is 182 Å². The number of carbonyl (C=O) groups is 1. The van der Waals surface area contributed by atoms with Gasteiger partial charge in [0.15, 0.2) is 11.7 Å². The van der Waals surface area contributed by atoms with Gasteiger partial charge in [-0.1, -0.05) is 24.6 Å². The monoisotopic (exact) mass is 447 g/mol. The molecule has 1 fully saturated rings. The summed E-state index contributed by atoms with van der Waals surface area (Å²) >= 11 is 5.15. The highest BCUT2D eigenvalue weighted by atomic mass is 32.2. The molecule has 1 aliphatic heterocycles. The van der Waals surface area contributed by atoms with Crippen LogP contribution in [-0.4, -0.2) is 43.4 Å². The zero-order valence-electron chi connectivity index (χ0n) is 16.8. The molecule has 30 heavy (non-hydrogen) atoms. The number of aryl methyl sites for hydroxylation is 1. The van der Waals surface area contributed by atoms with Crippen LogP contribution in [0.4, 0.5) is 5.69 Å². The van der Waals surface area contributed by atoms with Crippen molar-refractivity contribution < 1.29 is 17.9 Å². The third kappa shape index (κ3) is 5.78. The lowest BCUT2D eigenvalue weighted by atomic mass is 10.2. The molecular formula is C21H25N3O4S2. The number of sulfonamides is 1. The van der Waals surface area contributed by atoms with Gasteiger partial charge in [-0.15, -0.1) is 0 Å². The maximum absolute atomic E-state index is 12.7. The number of rotatable bonds is 6. The molecule has 1 amide bonds. The lowest BCUT2D eigenvalue weighted by Crippen LogP contribution is -2.37. The number of carbonyl (C=O) groups excluding carboxylic acids is 1. The molecule has 0 bridgehead atoms. The van der Waals surface area contributed by atoms with Gasteiger partial charge in [-0.3, -0.25) is 10.1 Å². The summed E-state index contributed by atoms with van der Waals surface area (Å²) in [6.07, 6.45) is 2.84. The summed E-state index contributed by atoms with van der Waals surface area (Å²) in [5.41, 5.74) is 1.52. The molecule has 2 aromatic carbocycles. The highest BCUT2D eigenvalue weighted by molar-refractivity contribution is 7.89. The zero-order chi connectivity index (χ0) is 21.6. The number of hydrogen-bond donors (Lipinski definition) is 2. The second-order valence-electron chi connectivity index (χ2n) is 7.05. The van der Waals surface area contributed by atoms with E-state index < -0.39 is 10.0 Å². The van der Waals surface area contributed by atoms with Gasteiger partial charge in [-0.2, -0.15) is 4.31 Å². The van der Waals surface area contributed by atoms with E-state index in [0.717, 1.165) is 24.8 Å². The topological polar surface area (TPSA) is 87.7 Å². The van der Waals surface area contributed by atoms with Gasteiger partial charge >= 0.3 is 0 Å². The number of nitrogens with one attached hydrogen (secondary N) is 2. The largest absolute Gasteiger partial charge is 0.483 e. The van der Waals surface area contributed by atoms with Gasteiger partial charge in [-0.25, -0.2) is 8.42 Å². The number of benzene rings is 2. The van der Waals surface area contributed by atoms with E-state index in [9.17, 15) is 13.2 Å². The van der Waals surface area contributed by atoms with E-state index in [0.29, 0.717) is 24.5 Å². The fourth-order valence-electron chi connectivity index (χ4n) is 3.15. The van der Waals surface area contributed by atoms with Gasteiger partial charge in [0.05, 0.1) is 4.90 Å². The van der Waals surface area contributed by atoms with Crippen molar-refractivity contribution in [1.82, 2.24) is 9.62 Å². The first-order valence-corrected chi connectivity index (χ1v) is 11.6. The Bertz CT molecular complexity index is 1000. The SMILES string of the molecule is Cc1ccccc1OCC(=O)NC(=S)Nc1ccc(S(=O)(=O)N2CCCCC2)cc1. The van der Waals surface area contributed by atoms with Crippen molar-refractivity contribution >= 4 is 38.9 Å². The summed E-state index contributed by atoms with van der Waals surface area (Å²) in [5.74, 6) is 0.247. The van der Waals surface area contributed by atoms with Crippen LogP contribution in [0.1, 0.15) is 24.8 Å². The van der Waals surface area contributed by atoms with Crippen LogP contribution in [0.25, 0.3) is 0 Å². The van der Waals surface area contributed by atoms with Crippen LogP contribution in [0.15, 0.2) is 53.4 Å². The molecular weight excluding hydrogens is 422 g/mol. The molecule has 0 aromatic heterocycles. The zero-order valence-corrected chi connectivity index (χ0v) is 18.4. The molecule has 1 aliphatic rings. The first kappa shape index (κ1) is 22.2. The van der Waals surface area contributed by atoms with E-state index in [-0.39, 0.29) is 22.5 Å². The molecule has 2 N–H and O–H groups in total. The van der Waals surface area contributed by atoms with Crippen LogP contribution in [0.3, 0.4) is 0 Å². The number of amides is 1. The van der Waals surface area contributed by atoms with Gasteiger partial charge in [0.2, 0.25) is 10.0 Å². The Balaban J connectivity index is 1.51. The van der Waals surface area contributed by atoms with Crippen molar-refractivity contribution in [2.24, 2.45) is 0 Å². The minimum Gasteiger partial charge on any atom is -0.483 e. The molecule has 0 unspecified atom stereocenters. The Hall–Kier alpha value is -2.49. The molecule has 0 aliphatic carbocycles. The van der Waals surface area contributed by atoms with Crippen molar-refractivity contribution in [3.63, 3.8) is 0 Å². The van der Waals surface area contributed by atoms with Crippen LogP contribution >= 0.6 is 12.2 Å². The fourth-order valence-corrected chi connectivity index (χ4v) is 4.90. The number of thiocarbonyl (C=S) groups is 1. The smallest absolute Gasteiger partial charge is 0.264 e. The summed E-state index contributed by atoms with van der Waals surface area (Å²) in [4.78, 5) is 12.3. The maximum atomic E-state index is 12.7. The van der Waals surface area contributed by atoms with E-state index in [1.54, 1.807) is 18.2 Å². The predicted molar refractivity (Wildman–Crippen MR) is 120 cm³/mol. The van der Waals surface area contributed by atoms with Gasteiger partial charge in [0.1, 0.15) is 5.75 Å². The number of piperidine rings is 1. The molecule has 0 saturated carbocycles. The first-order chi connectivity index (χ1) is 14.4. The summed E-state index contributed by atoms with van der Waals surface area (Å²) in [7, 11) is -3.48. The van der Waals surface area contributed by atoms with Crippen LogP contribution < -0.4 is 15.4 Å². The van der Waals surface area contributed by atoms with Crippen LogP contribution in [-0.2, 0) is 14.8 Å². The Morgan fingerprint density at radius 2 is 1.73 bits per heavy atom. The van der Waals surface area contributed by atoms with Gasteiger partial charge in [-0.05, 0) is 67.9 Å². The lowest BCUT2D eigenvalue weighted by Gasteiger charge is -2.25. The minimum absolute atomic E-state index is 0.111. The molecule has 1 heterocycles. The Morgan fingerprint density at radius 3 is 2.40 bits per heavy atom. The lowest BCUT2D eigenvalue weighted by molar-refractivity contribution is -0.121. The van der Waals surface area contributed by atoms with Crippen molar-refractivity contribution in [1.29, 1.82) is 0 Å². The Morgan fingerprint density at radius 1 is 1.07 bits per heavy atom. The van der Waals surface area contributed by atoms with Crippen molar-refractivity contribution in [3.05, 3.63) is 54.1 Å². The first-order valence-electron chi connectivity index (χ1n) is 9.76. The van der Waals surface area contributed by atoms with Crippen LogP contribution in [0, 0.1) is 6.92 Å². The van der Waals surface area contributed by atoms with E-state index in [1.807, 2.05) is 25.1 Å². The molecule has 7 nitrogen and oxygen atoms in total. The number of nitrogens with zero attached hydrogens (tertiary/aromatic N) is 1. The van der Waals surface area contributed by atoms with Gasteiger partial charge in [0, 0.05) is 18.8 Å². The highest BCUT2D eigenvalue weighted by Gasteiger charge is 2.25. The molecule has 0 spiro atoms. The van der Waals surface area contributed by atoms with E-state index in [1.165, 1.54) is 16.4 Å². The average Bonchev–Trinajstić information content (AvgIpc) is 2.74. The number of ether oxygens (including phenoxy) is 1. The molecule has 160 valence electrons. The normalized spacial score (nSPS) is 14.7. The molecule has 3 rings (SSSR count). The van der Waals surface area contributed by atoms with Crippen molar-refractivity contribution in [2.45, 2.75) is 31.1 Å². The minimum atomic E-state index is -3.48. The fraction of sp³-hybridized carbons (Fsp3) is 0.333. The summed E-state index contributed by atoms with van der Waals surface area (Å²) in [5, 5.41) is 5.53. The third-order valence-corrected chi connectivity index (χ3v) is 6.89. The van der Waals surface area contributed by atoms with Crippen molar-refractivity contribution in [2.75, 3.05) is 25.0 Å². The van der Waals surface area contributed by atoms with Crippen LogP contribution in [0.5, 0.6) is 5.75 Å². The van der Waals surface area contributed by atoms with Gasteiger partial charge < -0.3 is 10.1 Å². The molecule has 0 atom stereocenters. The Kier molecular flexibility index (Phi) is 7.41. The number of anilines is 1. The molecule has 1 saturated heterocycles. The predicted octanol–water partition coefficient (Wildman–Crippen LogP) is 3.06. The van der Waals surface area contributed by atoms with E-state index in [2.05, 4.69) is 10.6 Å². The van der Waals surface area contributed by atoms with E-state index in [4.69, 9.17) is 17.0 Å². The second-order valence-corrected chi connectivity index (χ2v) is 9.39. The van der Waals surface area contributed by atoms with Crippen LogP contribution in [0.2, 0.25) is 0 Å². The summed E-state index contributed by atoms with van der Waals surface area (Å²) < 4.78 is 32.4. The second kappa shape index (κ2) is 10.0. The maximum Gasteiger partial charge on any atom is 0.264 e. The van der Waals surface area contributed by atoms with Gasteiger partial charge in [0.25, 0.3) is 5.91 Å². The number of para-hydroxylation sites is 1.